The van der Waals surface area contributed by atoms with E-state index in [1.165, 1.54) is 0 Å². The molecule has 1 fully saturated rings. The van der Waals surface area contributed by atoms with Crippen molar-refractivity contribution in [1.82, 2.24) is 4.90 Å². The largest absolute Gasteiger partial charge is 0.496 e. The minimum atomic E-state index is 0.0118. The minimum Gasteiger partial charge on any atom is -0.496 e. The molecule has 0 radical (unpaired) electrons. The Balaban J connectivity index is 1.57. The maximum atomic E-state index is 12.6. The van der Waals surface area contributed by atoms with Crippen LogP contribution in [0, 0.1) is 5.92 Å². The molecule has 0 unspecified atom stereocenters. The second-order valence-electron chi connectivity index (χ2n) is 6.37. The smallest absolute Gasteiger partial charge is 0.227 e. The van der Waals surface area contributed by atoms with E-state index in [2.05, 4.69) is 0 Å². The fourth-order valence-corrected chi connectivity index (χ4v) is 3.35. The van der Waals surface area contributed by atoms with E-state index >= 15 is 0 Å². The van der Waals surface area contributed by atoms with Crippen molar-refractivity contribution in [3.05, 3.63) is 65.7 Å². The van der Waals surface area contributed by atoms with Crippen molar-refractivity contribution in [2.45, 2.75) is 19.3 Å². The van der Waals surface area contributed by atoms with Crippen LogP contribution >= 0.6 is 0 Å². The first kappa shape index (κ1) is 17.2. The number of piperidine rings is 1. The number of rotatable bonds is 5. The summed E-state index contributed by atoms with van der Waals surface area (Å²) in [5.41, 5.74) is 1.67. The molecule has 2 aromatic rings. The van der Waals surface area contributed by atoms with Crippen LogP contribution in [-0.4, -0.2) is 36.8 Å². The summed E-state index contributed by atoms with van der Waals surface area (Å²) in [6.07, 6.45) is 1.79. The molecule has 3 rings (SSSR count). The van der Waals surface area contributed by atoms with Crippen molar-refractivity contribution in [2.24, 2.45) is 5.92 Å². The molecule has 1 saturated heterocycles. The number of methoxy groups -OCH3 is 1. The van der Waals surface area contributed by atoms with Gasteiger partial charge in [0, 0.05) is 30.1 Å². The van der Waals surface area contributed by atoms with E-state index in [0.29, 0.717) is 19.5 Å². The third-order valence-electron chi connectivity index (χ3n) is 4.81. The van der Waals surface area contributed by atoms with Crippen LogP contribution in [0.3, 0.4) is 0 Å². The molecule has 25 heavy (non-hydrogen) atoms. The second-order valence-corrected chi connectivity index (χ2v) is 6.37. The molecule has 1 heterocycles. The lowest BCUT2D eigenvalue weighted by Crippen LogP contribution is -2.41. The Morgan fingerprint density at radius 2 is 1.64 bits per heavy atom. The van der Waals surface area contributed by atoms with Crippen molar-refractivity contribution >= 4 is 11.7 Å². The van der Waals surface area contributed by atoms with Gasteiger partial charge in [-0.05, 0) is 18.9 Å². The quantitative estimate of drug-likeness (QED) is 0.786. The first-order valence-electron chi connectivity index (χ1n) is 8.68. The van der Waals surface area contributed by atoms with Crippen molar-refractivity contribution in [1.29, 1.82) is 0 Å². The number of carbonyl (C=O) groups is 2. The molecule has 0 N–H and O–H groups in total. The van der Waals surface area contributed by atoms with Crippen LogP contribution in [-0.2, 0) is 11.2 Å². The number of para-hydroxylation sites is 1. The molecular weight excluding hydrogens is 314 g/mol. The molecule has 0 atom stereocenters. The lowest BCUT2D eigenvalue weighted by Gasteiger charge is -2.31. The average molecular weight is 337 g/mol. The van der Waals surface area contributed by atoms with Gasteiger partial charge in [-0.3, -0.25) is 9.59 Å². The van der Waals surface area contributed by atoms with Gasteiger partial charge < -0.3 is 9.64 Å². The lowest BCUT2D eigenvalue weighted by atomic mass is 9.88. The number of likely N-dealkylation sites (tertiary alicyclic amines) is 1. The van der Waals surface area contributed by atoms with Crippen LogP contribution in [0.2, 0.25) is 0 Å². The number of hydrogen-bond acceptors (Lipinski definition) is 3. The normalized spacial score (nSPS) is 15.0. The van der Waals surface area contributed by atoms with Gasteiger partial charge in [0.05, 0.1) is 13.5 Å². The van der Waals surface area contributed by atoms with Gasteiger partial charge in [-0.15, -0.1) is 0 Å². The molecule has 1 aliphatic rings. The lowest BCUT2D eigenvalue weighted by molar-refractivity contribution is -0.131. The molecule has 4 heteroatoms. The molecule has 4 nitrogen and oxygen atoms in total. The number of Topliss-reactive ketones (excluding diaryl/α,β-unsaturated/α-hetero) is 1. The Bertz CT molecular complexity index is 734. The Kier molecular flexibility index (Phi) is 5.49. The first-order chi connectivity index (χ1) is 12.2. The highest BCUT2D eigenvalue weighted by atomic mass is 16.5. The summed E-state index contributed by atoms with van der Waals surface area (Å²) in [5.74, 6) is 1.04. The molecule has 0 bridgehead atoms. The van der Waals surface area contributed by atoms with Crippen LogP contribution < -0.4 is 4.74 Å². The zero-order valence-electron chi connectivity index (χ0n) is 14.5. The standard InChI is InChI=1S/C21H23NO3/c1-25-19-10-6-5-9-18(19)15-20(23)22-13-11-17(12-14-22)21(24)16-7-3-2-4-8-16/h2-10,17H,11-15H2,1H3. The monoisotopic (exact) mass is 337 g/mol. The molecular formula is C21H23NO3. The highest BCUT2D eigenvalue weighted by molar-refractivity contribution is 5.98. The maximum Gasteiger partial charge on any atom is 0.227 e. The van der Waals surface area contributed by atoms with Gasteiger partial charge in [-0.1, -0.05) is 48.5 Å². The number of carbonyl (C=O) groups excluding carboxylic acids is 2. The van der Waals surface area contributed by atoms with E-state index in [1.54, 1.807) is 7.11 Å². The molecule has 1 aliphatic heterocycles. The van der Waals surface area contributed by atoms with Crippen LogP contribution in [0.25, 0.3) is 0 Å². The highest BCUT2D eigenvalue weighted by Crippen LogP contribution is 2.24. The molecule has 2 aromatic carbocycles. The maximum absolute atomic E-state index is 12.6. The van der Waals surface area contributed by atoms with Gasteiger partial charge in [-0.25, -0.2) is 0 Å². The van der Waals surface area contributed by atoms with E-state index in [-0.39, 0.29) is 17.6 Å². The predicted molar refractivity (Wildman–Crippen MR) is 96.8 cm³/mol. The number of ketones is 1. The molecule has 0 spiro atoms. The first-order valence-corrected chi connectivity index (χ1v) is 8.68. The van der Waals surface area contributed by atoms with Crippen molar-refractivity contribution in [2.75, 3.05) is 20.2 Å². The van der Waals surface area contributed by atoms with Gasteiger partial charge >= 0.3 is 0 Å². The molecule has 0 saturated carbocycles. The Labute approximate surface area is 148 Å². The summed E-state index contributed by atoms with van der Waals surface area (Å²) in [6.45, 7) is 1.27. The minimum absolute atomic E-state index is 0.0118. The zero-order chi connectivity index (χ0) is 17.6. The zero-order valence-corrected chi connectivity index (χ0v) is 14.5. The van der Waals surface area contributed by atoms with Crippen LogP contribution in [0.15, 0.2) is 54.6 Å². The summed E-state index contributed by atoms with van der Waals surface area (Å²) in [7, 11) is 1.62. The van der Waals surface area contributed by atoms with Crippen LogP contribution in [0.1, 0.15) is 28.8 Å². The van der Waals surface area contributed by atoms with Gasteiger partial charge in [0.2, 0.25) is 5.91 Å². The van der Waals surface area contributed by atoms with Gasteiger partial charge in [-0.2, -0.15) is 0 Å². The van der Waals surface area contributed by atoms with E-state index in [9.17, 15) is 9.59 Å². The average Bonchev–Trinajstić information content (AvgIpc) is 2.68. The van der Waals surface area contributed by atoms with E-state index in [0.717, 1.165) is 29.7 Å². The number of nitrogens with zero attached hydrogens (tertiary/aromatic N) is 1. The SMILES string of the molecule is COc1ccccc1CC(=O)N1CCC(C(=O)c2ccccc2)CC1. The third-order valence-corrected chi connectivity index (χ3v) is 4.81. The van der Waals surface area contributed by atoms with E-state index < -0.39 is 0 Å². The summed E-state index contributed by atoms with van der Waals surface area (Å²) in [4.78, 5) is 27.0. The summed E-state index contributed by atoms with van der Waals surface area (Å²) in [5, 5.41) is 0. The number of hydrogen-bond donors (Lipinski definition) is 0. The summed E-state index contributed by atoms with van der Waals surface area (Å²) < 4.78 is 5.32. The van der Waals surface area contributed by atoms with Crippen molar-refractivity contribution in [3.8, 4) is 5.75 Å². The fraction of sp³-hybridized carbons (Fsp3) is 0.333. The summed E-state index contributed by atoms with van der Waals surface area (Å²) >= 11 is 0. The van der Waals surface area contributed by atoms with Crippen LogP contribution in [0.4, 0.5) is 0 Å². The predicted octanol–water partition coefficient (Wildman–Crippen LogP) is 3.36. The van der Waals surface area contributed by atoms with Gasteiger partial charge in [0.15, 0.2) is 5.78 Å². The Hall–Kier alpha value is -2.62. The highest BCUT2D eigenvalue weighted by Gasteiger charge is 2.28. The number of benzene rings is 2. The molecule has 130 valence electrons. The van der Waals surface area contributed by atoms with Gasteiger partial charge in [0.1, 0.15) is 5.75 Å². The number of ether oxygens (including phenoxy) is 1. The second kappa shape index (κ2) is 7.97. The Morgan fingerprint density at radius 1 is 1.00 bits per heavy atom. The fourth-order valence-electron chi connectivity index (χ4n) is 3.35. The molecule has 1 amide bonds. The topological polar surface area (TPSA) is 46.6 Å². The van der Waals surface area contributed by atoms with E-state index in [1.807, 2.05) is 59.5 Å². The van der Waals surface area contributed by atoms with Gasteiger partial charge in [0.25, 0.3) is 0 Å². The third kappa shape index (κ3) is 4.08. The number of amides is 1. The summed E-state index contributed by atoms with van der Waals surface area (Å²) in [6, 6.07) is 17.0. The molecule has 0 aromatic heterocycles. The Morgan fingerprint density at radius 3 is 2.32 bits per heavy atom. The van der Waals surface area contributed by atoms with E-state index in [4.69, 9.17) is 4.74 Å². The van der Waals surface area contributed by atoms with Crippen LogP contribution in [0.5, 0.6) is 5.75 Å². The molecule has 0 aliphatic carbocycles. The van der Waals surface area contributed by atoms with Crippen molar-refractivity contribution < 1.29 is 14.3 Å². The van der Waals surface area contributed by atoms with Crippen molar-refractivity contribution in [3.63, 3.8) is 0 Å².